The number of rotatable bonds is 5. The molecule has 2 heterocycles. The Morgan fingerprint density at radius 1 is 1.03 bits per heavy atom. The Morgan fingerprint density at radius 3 is 2.31 bits per heavy atom. The maximum Gasteiger partial charge on any atom is 0.276 e. The van der Waals surface area contributed by atoms with Crippen LogP contribution in [0.4, 0.5) is 11.5 Å². The first-order valence-corrected chi connectivity index (χ1v) is 11.2. The molecule has 0 radical (unpaired) electrons. The molecule has 1 aromatic carbocycles. The van der Waals surface area contributed by atoms with Gasteiger partial charge in [0.2, 0.25) is 10.0 Å². The number of sulfonamides is 1. The standard InChI is InChI=1S/C20H27N5O3S/c1-15-8-9-16(21-20(26)17-10-11-19(23-22-17)24(2)3)14-18(15)29(27,28)25-12-6-4-5-7-13-25/h8-11,14H,4-7,12-13H2,1-3H3,(H,21,26). The molecule has 2 aromatic rings. The Balaban J connectivity index is 1.82. The Kier molecular flexibility index (Phi) is 6.49. The van der Waals surface area contributed by atoms with E-state index in [0.717, 1.165) is 25.7 Å². The Morgan fingerprint density at radius 2 is 1.72 bits per heavy atom. The van der Waals surface area contributed by atoms with Gasteiger partial charge < -0.3 is 10.2 Å². The molecular formula is C20H27N5O3S. The predicted octanol–water partition coefficient (Wildman–Crippen LogP) is 2.67. The average Bonchev–Trinajstić information content (AvgIpc) is 2.99. The molecule has 0 spiro atoms. The van der Waals surface area contributed by atoms with Gasteiger partial charge in [0, 0.05) is 32.9 Å². The van der Waals surface area contributed by atoms with Gasteiger partial charge in [0.15, 0.2) is 11.5 Å². The summed E-state index contributed by atoms with van der Waals surface area (Å²) in [6.07, 6.45) is 3.84. The lowest BCUT2D eigenvalue weighted by molar-refractivity contribution is 0.102. The highest BCUT2D eigenvalue weighted by Crippen LogP contribution is 2.26. The number of carbonyl (C=O) groups excluding carboxylic acids is 1. The van der Waals surface area contributed by atoms with Crippen LogP contribution >= 0.6 is 0 Å². The highest BCUT2D eigenvalue weighted by molar-refractivity contribution is 7.89. The maximum atomic E-state index is 13.2. The van der Waals surface area contributed by atoms with Gasteiger partial charge in [-0.2, -0.15) is 4.31 Å². The summed E-state index contributed by atoms with van der Waals surface area (Å²) in [5.74, 6) is 0.201. The van der Waals surface area contributed by atoms with E-state index in [0.29, 0.717) is 30.2 Å². The molecule has 9 heteroatoms. The molecule has 156 valence electrons. The molecule has 29 heavy (non-hydrogen) atoms. The summed E-state index contributed by atoms with van der Waals surface area (Å²) in [4.78, 5) is 14.5. The molecule has 0 bridgehead atoms. The average molecular weight is 418 g/mol. The van der Waals surface area contributed by atoms with Crippen molar-refractivity contribution in [1.29, 1.82) is 0 Å². The zero-order valence-corrected chi connectivity index (χ0v) is 17.9. The smallest absolute Gasteiger partial charge is 0.276 e. The van der Waals surface area contributed by atoms with E-state index in [1.54, 1.807) is 40.4 Å². The molecule has 1 N–H and O–H groups in total. The van der Waals surface area contributed by atoms with E-state index in [-0.39, 0.29) is 10.6 Å². The fourth-order valence-electron chi connectivity index (χ4n) is 3.26. The van der Waals surface area contributed by atoms with Gasteiger partial charge >= 0.3 is 0 Å². The molecule has 0 atom stereocenters. The SMILES string of the molecule is Cc1ccc(NC(=O)c2ccc(N(C)C)nn2)cc1S(=O)(=O)N1CCCCCC1. The van der Waals surface area contributed by atoms with E-state index in [1.165, 1.54) is 6.07 Å². The van der Waals surface area contributed by atoms with Crippen LogP contribution in [0.2, 0.25) is 0 Å². The molecule has 0 unspecified atom stereocenters. The third kappa shape index (κ3) is 4.91. The first-order valence-electron chi connectivity index (χ1n) is 9.72. The van der Waals surface area contributed by atoms with Crippen LogP contribution in [0.15, 0.2) is 35.2 Å². The molecule has 0 saturated carbocycles. The van der Waals surface area contributed by atoms with Crippen LogP contribution in [0.25, 0.3) is 0 Å². The van der Waals surface area contributed by atoms with Crippen LogP contribution in [0.3, 0.4) is 0 Å². The van der Waals surface area contributed by atoms with Gasteiger partial charge in [-0.15, -0.1) is 10.2 Å². The molecule has 1 aliphatic heterocycles. The summed E-state index contributed by atoms with van der Waals surface area (Å²) in [5, 5.41) is 10.7. The van der Waals surface area contributed by atoms with Crippen molar-refractivity contribution in [2.75, 3.05) is 37.4 Å². The van der Waals surface area contributed by atoms with E-state index in [2.05, 4.69) is 15.5 Å². The number of hydrogen-bond acceptors (Lipinski definition) is 6. The summed E-state index contributed by atoms with van der Waals surface area (Å²) in [6, 6.07) is 8.21. The number of benzene rings is 1. The van der Waals surface area contributed by atoms with Gasteiger partial charge in [-0.3, -0.25) is 4.79 Å². The van der Waals surface area contributed by atoms with Crippen molar-refractivity contribution in [2.24, 2.45) is 0 Å². The highest BCUT2D eigenvalue weighted by atomic mass is 32.2. The monoisotopic (exact) mass is 417 g/mol. The normalized spacial score (nSPS) is 15.6. The third-order valence-electron chi connectivity index (χ3n) is 4.97. The Hall–Kier alpha value is -2.52. The molecule has 0 aliphatic carbocycles. The molecule has 1 saturated heterocycles. The van der Waals surface area contributed by atoms with Crippen LogP contribution in [-0.2, 0) is 10.0 Å². The van der Waals surface area contributed by atoms with E-state index in [1.807, 2.05) is 14.1 Å². The lowest BCUT2D eigenvalue weighted by Crippen LogP contribution is -2.32. The third-order valence-corrected chi connectivity index (χ3v) is 7.01. The number of nitrogens with zero attached hydrogens (tertiary/aromatic N) is 4. The molecular weight excluding hydrogens is 390 g/mol. The summed E-state index contributed by atoms with van der Waals surface area (Å²) in [7, 11) is 0.0657. The van der Waals surface area contributed by atoms with E-state index in [4.69, 9.17) is 0 Å². The van der Waals surface area contributed by atoms with Crippen LogP contribution in [0, 0.1) is 6.92 Å². The number of carbonyl (C=O) groups is 1. The zero-order chi connectivity index (χ0) is 21.0. The first kappa shape index (κ1) is 21.2. The Bertz CT molecular complexity index is 966. The van der Waals surface area contributed by atoms with Gasteiger partial charge in [0.25, 0.3) is 5.91 Å². The Labute approximate surface area is 172 Å². The lowest BCUT2D eigenvalue weighted by atomic mass is 10.2. The van der Waals surface area contributed by atoms with Gasteiger partial charge in [-0.25, -0.2) is 8.42 Å². The second-order valence-corrected chi connectivity index (χ2v) is 9.33. The second kappa shape index (κ2) is 8.87. The van der Waals surface area contributed by atoms with Crippen molar-refractivity contribution in [1.82, 2.24) is 14.5 Å². The minimum atomic E-state index is -3.61. The number of aryl methyl sites for hydroxylation is 1. The van der Waals surface area contributed by atoms with Gasteiger partial charge in [-0.05, 0) is 49.6 Å². The van der Waals surface area contributed by atoms with Crippen LogP contribution < -0.4 is 10.2 Å². The summed E-state index contributed by atoms with van der Waals surface area (Å²) >= 11 is 0. The maximum absolute atomic E-state index is 13.2. The van der Waals surface area contributed by atoms with Crippen molar-refractivity contribution >= 4 is 27.4 Å². The molecule has 1 aromatic heterocycles. The molecule has 1 aliphatic rings. The lowest BCUT2D eigenvalue weighted by Gasteiger charge is -2.21. The first-order chi connectivity index (χ1) is 13.8. The number of amides is 1. The molecule has 3 rings (SSSR count). The summed E-state index contributed by atoms with van der Waals surface area (Å²) in [6.45, 7) is 2.83. The number of nitrogens with one attached hydrogen (secondary N) is 1. The fourth-order valence-corrected chi connectivity index (χ4v) is 5.02. The highest BCUT2D eigenvalue weighted by Gasteiger charge is 2.27. The molecule has 8 nitrogen and oxygen atoms in total. The minimum Gasteiger partial charge on any atom is -0.361 e. The number of anilines is 2. The van der Waals surface area contributed by atoms with E-state index >= 15 is 0 Å². The van der Waals surface area contributed by atoms with Crippen molar-refractivity contribution in [3.63, 3.8) is 0 Å². The zero-order valence-electron chi connectivity index (χ0n) is 17.1. The van der Waals surface area contributed by atoms with E-state index < -0.39 is 15.9 Å². The van der Waals surface area contributed by atoms with Crippen LogP contribution in [-0.4, -0.2) is 56.0 Å². The number of aromatic nitrogens is 2. The van der Waals surface area contributed by atoms with Gasteiger partial charge in [0.1, 0.15) is 0 Å². The van der Waals surface area contributed by atoms with Gasteiger partial charge in [0.05, 0.1) is 4.90 Å². The van der Waals surface area contributed by atoms with Crippen molar-refractivity contribution in [2.45, 2.75) is 37.5 Å². The van der Waals surface area contributed by atoms with E-state index in [9.17, 15) is 13.2 Å². The minimum absolute atomic E-state index is 0.160. The topological polar surface area (TPSA) is 95.5 Å². The molecule has 1 amide bonds. The summed E-state index contributed by atoms with van der Waals surface area (Å²) in [5.41, 5.74) is 1.22. The van der Waals surface area contributed by atoms with Crippen LogP contribution in [0.1, 0.15) is 41.7 Å². The quantitative estimate of drug-likeness (QED) is 0.804. The fraction of sp³-hybridized carbons (Fsp3) is 0.450. The number of hydrogen-bond donors (Lipinski definition) is 1. The van der Waals surface area contributed by atoms with Crippen molar-refractivity contribution in [3.05, 3.63) is 41.6 Å². The largest absolute Gasteiger partial charge is 0.361 e. The van der Waals surface area contributed by atoms with Crippen molar-refractivity contribution < 1.29 is 13.2 Å². The predicted molar refractivity (Wildman–Crippen MR) is 113 cm³/mol. The summed E-state index contributed by atoms with van der Waals surface area (Å²) < 4.78 is 27.9. The second-order valence-electron chi connectivity index (χ2n) is 7.42. The van der Waals surface area contributed by atoms with Gasteiger partial charge in [-0.1, -0.05) is 18.9 Å². The van der Waals surface area contributed by atoms with Crippen molar-refractivity contribution in [3.8, 4) is 0 Å². The van der Waals surface area contributed by atoms with Crippen LogP contribution in [0.5, 0.6) is 0 Å². The molecule has 1 fully saturated rings.